The van der Waals surface area contributed by atoms with Gasteiger partial charge in [-0.3, -0.25) is 9.59 Å². The quantitative estimate of drug-likeness (QED) is 0.838. The van der Waals surface area contributed by atoms with Gasteiger partial charge in [-0.25, -0.2) is 8.42 Å². The molecule has 0 aromatic heterocycles. The Bertz CT molecular complexity index is 695. The molecule has 0 aliphatic carbocycles. The number of carboxylic acid groups (broad SMARTS) is 1. The van der Waals surface area contributed by atoms with Gasteiger partial charge in [0.1, 0.15) is 0 Å². The molecule has 0 saturated carbocycles. The number of benzene rings is 1. The predicted molar refractivity (Wildman–Crippen MR) is 84.6 cm³/mol. The summed E-state index contributed by atoms with van der Waals surface area (Å²) < 4.78 is 26.2. The molecule has 1 heterocycles. The molecule has 126 valence electrons. The molecule has 0 bridgehead atoms. The van der Waals surface area contributed by atoms with Crippen molar-refractivity contribution in [2.75, 3.05) is 24.5 Å². The highest BCUT2D eigenvalue weighted by atomic mass is 32.2. The van der Waals surface area contributed by atoms with Gasteiger partial charge in [0.05, 0.1) is 10.8 Å². The molecule has 0 spiro atoms. The fourth-order valence-electron chi connectivity index (χ4n) is 2.63. The number of sulfonamides is 1. The molecule has 1 aromatic carbocycles. The molecule has 1 fully saturated rings. The maximum absolute atomic E-state index is 12.4. The molecule has 1 unspecified atom stereocenters. The summed E-state index contributed by atoms with van der Waals surface area (Å²) in [5, 5.41) is 9.00. The summed E-state index contributed by atoms with van der Waals surface area (Å²) >= 11 is 0. The van der Waals surface area contributed by atoms with Crippen LogP contribution in [0.25, 0.3) is 0 Å². The number of anilines is 1. The van der Waals surface area contributed by atoms with Crippen LogP contribution >= 0.6 is 0 Å². The minimum atomic E-state index is -3.54. The zero-order valence-electron chi connectivity index (χ0n) is 13.1. The monoisotopic (exact) mass is 340 g/mol. The van der Waals surface area contributed by atoms with Crippen molar-refractivity contribution in [3.8, 4) is 0 Å². The van der Waals surface area contributed by atoms with Crippen LogP contribution in [0.5, 0.6) is 0 Å². The lowest BCUT2D eigenvalue weighted by atomic mass is 10.1. The maximum Gasteiger partial charge on any atom is 0.308 e. The van der Waals surface area contributed by atoms with Crippen molar-refractivity contribution in [3.05, 3.63) is 24.3 Å². The Balaban J connectivity index is 2.24. The third kappa shape index (κ3) is 3.37. The first-order valence-corrected chi connectivity index (χ1v) is 8.88. The van der Waals surface area contributed by atoms with E-state index >= 15 is 0 Å². The predicted octanol–water partition coefficient (Wildman–Crippen LogP) is 1.15. The average molecular weight is 340 g/mol. The van der Waals surface area contributed by atoms with Crippen molar-refractivity contribution in [2.24, 2.45) is 5.92 Å². The molecule has 1 amide bonds. The lowest BCUT2D eigenvalue weighted by Gasteiger charge is -2.20. The third-order valence-electron chi connectivity index (χ3n) is 3.97. The van der Waals surface area contributed by atoms with E-state index in [2.05, 4.69) is 0 Å². The smallest absolute Gasteiger partial charge is 0.308 e. The molecule has 1 aromatic rings. The van der Waals surface area contributed by atoms with E-state index < -0.39 is 21.9 Å². The van der Waals surface area contributed by atoms with E-state index in [-0.39, 0.29) is 23.8 Å². The van der Waals surface area contributed by atoms with E-state index in [0.29, 0.717) is 18.8 Å². The summed E-state index contributed by atoms with van der Waals surface area (Å²) in [5.41, 5.74) is 0.511. The van der Waals surface area contributed by atoms with Crippen molar-refractivity contribution in [1.29, 1.82) is 0 Å². The van der Waals surface area contributed by atoms with Crippen molar-refractivity contribution >= 4 is 27.6 Å². The summed E-state index contributed by atoms with van der Waals surface area (Å²) in [6.07, 6.45) is -0.0329. The van der Waals surface area contributed by atoms with Gasteiger partial charge in [0.15, 0.2) is 0 Å². The van der Waals surface area contributed by atoms with E-state index in [1.165, 1.54) is 21.3 Å². The summed E-state index contributed by atoms with van der Waals surface area (Å²) in [6.45, 7) is 4.40. The summed E-state index contributed by atoms with van der Waals surface area (Å²) in [4.78, 5) is 24.4. The number of rotatable bonds is 6. The molecule has 7 nitrogen and oxygen atoms in total. The molecule has 1 aliphatic rings. The minimum Gasteiger partial charge on any atom is -0.481 e. The number of nitrogens with zero attached hydrogens (tertiary/aromatic N) is 2. The first-order chi connectivity index (χ1) is 10.8. The van der Waals surface area contributed by atoms with Gasteiger partial charge in [-0.05, 0) is 24.3 Å². The second kappa shape index (κ2) is 6.67. The zero-order valence-corrected chi connectivity index (χ0v) is 13.9. The van der Waals surface area contributed by atoms with Gasteiger partial charge in [0.25, 0.3) is 0 Å². The SMILES string of the molecule is CCN(CC)S(=O)(=O)c1ccc(N2CC(C(=O)O)CC2=O)cc1. The standard InChI is InChI=1S/C15H20N2O5S/c1-3-16(4-2)23(21,22)13-7-5-12(6-8-13)17-10-11(15(19)20)9-14(17)18/h5-8,11H,3-4,9-10H2,1-2H3,(H,19,20). The fourth-order valence-corrected chi connectivity index (χ4v) is 4.09. The number of carbonyl (C=O) groups excluding carboxylic acids is 1. The highest BCUT2D eigenvalue weighted by molar-refractivity contribution is 7.89. The number of hydrogen-bond acceptors (Lipinski definition) is 4. The molecule has 1 atom stereocenters. The molecule has 2 rings (SSSR count). The Hall–Kier alpha value is -1.93. The van der Waals surface area contributed by atoms with Gasteiger partial charge in [-0.2, -0.15) is 4.31 Å². The van der Waals surface area contributed by atoms with Gasteiger partial charge in [-0.15, -0.1) is 0 Å². The van der Waals surface area contributed by atoms with Crippen molar-refractivity contribution < 1.29 is 23.1 Å². The lowest BCUT2D eigenvalue weighted by molar-refractivity contribution is -0.141. The average Bonchev–Trinajstić information content (AvgIpc) is 2.90. The number of carboxylic acids is 1. The second-order valence-electron chi connectivity index (χ2n) is 5.33. The summed E-state index contributed by atoms with van der Waals surface area (Å²) in [5.74, 6) is -1.99. The van der Waals surface area contributed by atoms with Crippen LogP contribution in [0.3, 0.4) is 0 Å². The molecule has 0 radical (unpaired) electrons. The highest BCUT2D eigenvalue weighted by Gasteiger charge is 2.35. The van der Waals surface area contributed by atoms with Crippen LogP contribution in [0.15, 0.2) is 29.2 Å². The van der Waals surface area contributed by atoms with Crippen molar-refractivity contribution in [2.45, 2.75) is 25.2 Å². The van der Waals surface area contributed by atoms with E-state index in [9.17, 15) is 18.0 Å². The minimum absolute atomic E-state index is 0.0329. The fraction of sp³-hybridized carbons (Fsp3) is 0.467. The lowest BCUT2D eigenvalue weighted by Crippen LogP contribution is -2.30. The van der Waals surface area contributed by atoms with Crippen molar-refractivity contribution in [1.82, 2.24) is 4.31 Å². The molecular formula is C15H20N2O5S. The summed E-state index contributed by atoms with van der Waals surface area (Å²) in [6, 6.07) is 5.98. The molecule has 1 aliphatic heterocycles. The summed E-state index contributed by atoms with van der Waals surface area (Å²) in [7, 11) is -3.54. The second-order valence-corrected chi connectivity index (χ2v) is 7.26. The molecular weight excluding hydrogens is 320 g/mol. The van der Waals surface area contributed by atoms with Crippen LogP contribution in [0.2, 0.25) is 0 Å². The Morgan fingerprint density at radius 2 is 1.83 bits per heavy atom. The van der Waals surface area contributed by atoms with Gasteiger partial charge in [0.2, 0.25) is 15.9 Å². The zero-order chi connectivity index (χ0) is 17.2. The highest BCUT2D eigenvalue weighted by Crippen LogP contribution is 2.27. The van der Waals surface area contributed by atoms with Gasteiger partial charge in [-0.1, -0.05) is 13.8 Å². The van der Waals surface area contributed by atoms with E-state index in [4.69, 9.17) is 5.11 Å². The van der Waals surface area contributed by atoms with Crippen LogP contribution in [0.1, 0.15) is 20.3 Å². The van der Waals surface area contributed by atoms with Crippen LogP contribution in [0, 0.1) is 5.92 Å². The topological polar surface area (TPSA) is 95.0 Å². The van der Waals surface area contributed by atoms with Gasteiger partial charge < -0.3 is 10.0 Å². The van der Waals surface area contributed by atoms with Crippen LogP contribution in [-0.4, -0.2) is 49.3 Å². The van der Waals surface area contributed by atoms with Crippen molar-refractivity contribution in [3.63, 3.8) is 0 Å². The Morgan fingerprint density at radius 1 is 1.26 bits per heavy atom. The first-order valence-electron chi connectivity index (χ1n) is 7.44. The Labute approximate surface area is 135 Å². The normalized spacial score (nSPS) is 18.7. The molecule has 23 heavy (non-hydrogen) atoms. The maximum atomic E-state index is 12.4. The number of hydrogen-bond donors (Lipinski definition) is 1. The van der Waals surface area contributed by atoms with Crippen LogP contribution in [-0.2, 0) is 19.6 Å². The molecule has 1 saturated heterocycles. The molecule has 8 heteroatoms. The van der Waals surface area contributed by atoms with Gasteiger partial charge >= 0.3 is 5.97 Å². The van der Waals surface area contributed by atoms with E-state index in [0.717, 1.165) is 0 Å². The third-order valence-corrected chi connectivity index (χ3v) is 6.03. The number of aliphatic carboxylic acids is 1. The van der Waals surface area contributed by atoms with E-state index in [1.54, 1.807) is 26.0 Å². The molecule has 1 N–H and O–H groups in total. The Morgan fingerprint density at radius 3 is 2.26 bits per heavy atom. The van der Waals surface area contributed by atoms with E-state index in [1.807, 2.05) is 0 Å². The van der Waals surface area contributed by atoms with Gasteiger partial charge in [0, 0.05) is 31.7 Å². The Kier molecular flexibility index (Phi) is 5.06. The largest absolute Gasteiger partial charge is 0.481 e. The first kappa shape index (κ1) is 17.4. The van der Waals surface area contributed by atoms with Crippen LogP contribution in [0.4, 0.5) is 5.69 Å². The number of carbonyl (C=O) groups is 2. The van der Waals surface area contributed by atoms with Crippen LogP contribution < -0.4 is 4.90 Å². The number of amides is 1.